The quantitative estimate of drug-likeness (QED) is 0.455. The highest BCUT2D eigenvalue weighted by Gasteiger charge is 2.28. The SMILES string of the molecule is CCN(CC)c1ccc2c(/C=C3\Sc4ccccc4N3C)cc(N3CCN(CCO)CC3)[o+]c2c1. The van der Waals surface area contributed by atoms with Gasteiger partial charge in [-0.1, -0.05) is 23.9 Å². The first kappa shape index (κ1) is 24.0. The Hall–Kier alpha value is -2.74. The number of rotatable bonds is 7. The molecule has 0 amide bonds. The number of thioether (sulfide) groups is 1. The van der Waals surface area contributed by atoms with Crippen molar-refractivity contribution in [2.45, 2.75) is 18.7 Å². The molecule has 35 heavy (non-hydrogen) atoms. The fourth-order valence-electron chi connectivity index (χ4n) is 4.96. The molecular weight excluding hydrogens is 456 g/mol. The Morgan fingerprint density at radius 3 is 2.51 bits per heavy atom. The van der Waals surface area contributed by atoms with Crippen LogP contribution in [0.4, 0.5) is 17.3 Å². The number of hydrogen-bond donors (Lipinski definition) is 1. The minimum Gasteiger partial charge on any atom is -0.395 e. The van der Waals surface area contributed by atoms with Gasteiger partial charge in [-0.2, -0.15) is 4.42 Å². The summed E-state index contributed by atoms with van der Waals surface area (Å²) in [6.45, 7) is 10.9. The number of aliphatic hydroxyl groups is 1. The Bertz CT molecular complexity index is 1220. The molecule has 3 heterocycles. The Morgan fingerprint density at radius 2 is 1.80 bits per heavy atom. The molecule has 0 spiro atoms. The average molecular weight is 492 g/mol. The lowest BCUT2D eigenvalue weighted by atomic mass is 10.1. The van der Waals surface area contributed by atoms with Crippen molar-refractivity contribution in [3.63, 3.8) is 0 Å². The Labute approximate surface area is 212 Å². The van der Waals surface area contributed by atoms with Gasteiger partial charge in [-0.25, -0.2) is 0 Å². The van der Waals surface area contributed by atoms with Crippen molar-refractivity contribution < 1.29 is 9.52 Å². The molecule has 0 aliphatic carbocycles. The molecule has 0 saturated carbocycles. The first-order valence-electron chi connectivity index (χ1n) is 12.6. The molecule has 0 unspecified atom stereocenters. The van der Waals surface area contributed by atoms with Crippen molar-refractivity contribution in [1.82, 2.24) is 4.90 Å². The molecule has 1 saturated heterocycles. The molecule has 0 bridgehead atoms. The van der Waals surface area contributed by atoms with Crippen molar-refractivity contribution in [1.29, 1.82) is 0 Å². The van der Waals surface area contributed by atoms with Crippen LogP contribution in [0.2, 0.25) is 0 Å². The van der Waals surface area contributed by atoms with Crippen LogP contribution in [0.5, 0.6) is 0 Å². The van der Waals surface area contributed by atoms with E-state index in [2.05, 4.69) is 95.1 Å². The molecule has 2 aliphatic heterocycles. The molecule has 0 radical (unpaired) electrons. The molecule has 6 nitrogen and oxygen atoms in total. The lowest BCUT2D eigenvalue weighted by Crippen LogP contribution is -2.47. The fourth-order valence-corrected chi connectivity index (χ4v) is 6.06. The second-order valence-electron chi connectivity index (χ2n) is 9.06. The Kier molecular flexibility index (Phi) is 7.18. The van der Waals surface area contributed by atoms with Crippen molar-refractivity contribution >= 4 is 46.1 Å². The second-order valence-corrected chi connectivity index (χ2v) is 10.1. The van der Waals surface area contributed by atoms with Gasteiger partial charge in [-0.15, -0.1) is 0 Å². The van der Waals surface area contributed by atoms with Gasteiger partial charge in [-0.3, -0.25) is 9.80 Å². The Balaban J connectivity index is 1.55. The Morgan fingerprint density at radius 1 is 1.03 bits per heavy atom. The number of fused-ring (bicyclic) bond motifs is 2. The van der Waals surface area contributed by atoms with E-state index >= 15 is 0 Å². The summed E-state index contributed by atoms with van der Waals surface area (Å²) in [5.41, 5.74) is 4.53. The van der Waals surface area contributed by atoms with Gasteiger partial charge in [0.1, 0.15) is 0 Å². The van der Waals surface area contributed by atoms with Crippen molar-refractivity contribution in [3.8, 4) is 0 Å². The number of aliphatic hydroxyl groups excluding tert-OH is 1. The molecule has 184 valence electrons. The summed E-state index contributed by atoms with van der Waals surface area (Å²) >= 11 is 1.81. The number of anilines is 3. The van der Waals surface area contributed by atoms with E-state index in [-0.39, 0.29) is 6.61 Å². The van der Waals surface area contributed by atoms with E-state index in [0.717, 1.165) is 62.7 Å². The van der Waals surface area contributed by atoms with Gasteiger partial charge in [-0.05, 0) is 44.2 Å². The molecule has 1 N–H and O–H groups in total. The zero-order valence-corrected chi connectivity index (χ0v) is 21.7. The third-order valence-electron chi connectivity index (χ3n) is 7.05. The predicted molar refractivity (Wildman–Crippen MR) is 149 cm³/mol. The largest absolute Gasteiger partial charge is 0.430 e. The van der Waals surface area contributed by atoms with Gasteiger partial charge in [0.15, 0.2) is 0 Å². The highest BCUT2D eigenvalue weighted by Crippen LogP contribution is 2.46. The zero-order valence-electron chi connectivity index (χ0n) is 20.9. The van der Waals surface area contributed by atoms with Gasteiger partial charge in [0.2, 0.25) is 0 Å². The zero-order chi connectivity index (χ0) is 24.4. The number of benzene rings is 2. The predicted octanol–water partition coefficient (Wildman–Crippen LogP) is 5.21. The first-order chi connectivity index (χ1) is 17.1. The maximum absolute atomic E-state index is 9.30. The number of nitrogens with zero attached hydrogens (tertiary/aromatic N) is 4. The van der Waals surface area contributed by atoms with E-state index in [1.165, 1.54) is 26.9 Å². The summed E-state index contributed by atoms with van der Waals surface area (Å²) < 4.78 is 6.55. The molecule has 1 aromatic heterocycles. The summed E-state index contributed by atoms with van der Waals surface area (Å²) in [6.07, 6.45) is 2.30. The average Bonchev–Trinajstić information content (AvgIpc) is 3.20. The van der Waals surface area contributed by atoms with Crippen LogP contribution in [0.25, 0.3) is 17.0 Å². The molecule has 1 fully saturated rings. The van der Waals surface area contributed by atoms with Gasteiger partial charge in [0.05, 0.1) is 34.8 Å². The van der Waals surface area contributed by atoms with Gasteiger partial charge < -0.3 is 14.9 Å². The van der Waals surface area contributed by atoms with E-state index in [9.17, 15) is 5.11 Å². The third-order valence-corrected chi connectivity index (χ3v) is 8.22. The number of piperazine rings is 1. The van der Waals surface area contributed by atoms with Crippen LogP contribution in [-0.2, 0) is 0 Å². The molecule has 3 aromatic rings. The van der Waals surface area contributed by atoms with Crippen molar-refractivity contribution in [2.75, 3.05) is 74.2 Å². The van der Waals surface area contributed by atoms with E-state index in [1.54, 1.807) is 0 Å². The lowest BCUT2D eigenvalue weighted by molar-refractivity contribution is 0.187. The normalized spacial score (nSPS) is 17.4. The highest BCUT2D eigenvalue weighted by molar-refractivity contribution is 8.03. The summed E-state index contributed by atoms with van der Waals surface area (Å²) in [5.74, 6) is 0.910. The molecule has 2 aliphatic rings. The fraction of sp³-hybridized carbons (Fsp3) is 0.393. The molecular formula is C28H35N4O2S+. The minimum atomic E-state index is 0.208. The summed E-state index contributed by atoms with van der Waals surface area (Å²) in [7, 11) is 2.14. The number of β-amino-alcohol motifs (C(OH)–C–C–N with tert-alkyl or cyclic N) is 1. The molecule has 7 heteroatoms. The lowest BCUT2D eigenvalue weighted by Gasteiger charge is -2.31. The van der Waals surface area contributed by atoms with Crippen LogP contribution < -0.4 is 14.7 Å². The van der Waals surface area contributed by atoms with Gasteiger partial charge in [0, 0.05) is 69.0 Å². The number of hydrogen-bond acceptors (Lipinski definition) is 6. The smallest absolute Gasteiger partial charge is 0.395 e. The first-order valence-corrected chi connectivity index (χ1v) is 13.4. The van der Waals surface area contributed by atoms with Crippen LogP contribution in [0.3, 0.4) is 0 Å². The van der Waals surface area contributed by atoms with E-state index in [4.69, 9.17) is 4.42 Å². The topological polar surface area (TPSA) is 44.5 Å². The van der Waals surface area contributed by atoms with Crippen LogP contribution >= 0.6 is 11.8 Å². The summed E-state index contributed by atoms with van der Waals surface area (Å²) in [5, 5.41) is 11.6. The molecule has 5 rings (SSSR count). The maximum Gasteiger partial charge on any atom is 0.430 e. The van der Waals surface area contributed by atoms with Gasteiger partial charge in [0.25, 0.3) is 0 Å². The van der Waals surface area contributed by atoms with Crippen LogP contribution in [0, 0.1) is 0 Å². The van der Waals surface area contributed by atoms with Crippen molar-refractivity contribution in [2.24, 2.45) is 0 Å². The highest BCUT2D eigenvalue weighted by atomic mass is 32.2. The monoisotopic (exact) mass is 491 g/mol. The van der Waals surface area contributed by atoms with Gasteiger partial charge >= 0.3 is 11.5 Å². The molecule has 0 atom stereocenters. The van der Waals surface area contributed by atoms with Crippen molar-refractivity contribution in [3.05, 3.63) is 59.1 Å². The minimum absolute atomic E-state index is 0.208. The van der Waals surface area contributed by atoms with E-state index in [0.29, 0.717) is 0 Å². The summed E-state index contributed by atoms with van der Waals surface area (Å²) in [4.78, 5) is 10.5. The van der Waals surface area contributed by atoms with E-state index in [1.807, 2.05) is 11.8 Å². The standard InChI is InChI=1S/C28H35N4O2S/c1-4-31(5-2)22-10-11-23-21(19-28-29(3)24-8-6-7-9-26(24)35-28)18-27(34-25(23)20-22)32-14-12-30(13-15-32)16-17-33/h6-11,18-20,33H,4-5,12-17H2,1-3H3/q+1/b28-19-. The second kappa shape index (κ2) is 10.5. The van der Waals surface area contributed by atoms with E-state index < -0.39 is 0 Å². The van der Waals surface area contributed by atoms with Crippen LogP contribution in [-0.4, -0.2) is 69.5 Å². The van der Waals surface area contributed by atoms with Crippen LogP contribution in [0.15, 0.2) is 62.9 Å². The van der Waals surface area contributed by atoms with Crippen LogP contribution in [0.1, 0.15) is 19.4 Å². The number of para-hydroxylation sites is 1. The molecule has 2 aromatic carbocycles. The maximum atomic E-state index is 9.30. The summed E-state index contributed by atoms with van der Waals surface area (Å²) in [6, 6.07) is 17.4. The third kappa shape index (κ3) is 4.85.